The van der Waals surface area contributed by atoms with E-state index in [1.54, 1.807) is 0 Å². The lowest BCUT2D eigenvalue weighted by atomic mass is 9.67. The van der Waals surface area contributed by atoms with E-state index in [0.29, 0.717) is 10.8 Å². The van der Waals surface area contributed by atoms with Crippen LogP contribution in [0.5, 0.6) is 0 Å². The first kappa shape index (κ1) is 10.5. The van der Waals surface area contributed by atoms with Gasteiger partial charge in [-0.15, -0.1) is 0 Å². The maximum Gasteiger partial charge on any atom is 0.00961 e. The lowest BCUT2D eigenvalue weighted by molar-refractivity contribution is 0.125. The lowest BCUT2D eigenvalue weighted by Gasteiger charge is -2.41. The second-order valence-corrected chi connectivity index (χ2v) is 6.33. The standard InChI is InChI=1S/C11H18Br2/c1-8-5-9-3-4-11(8,7-13)10(9,2)6-12/h8-9H,3-7H2,1-2H3/t8-,9-,10-,11-/m1/s1. The molecule has 0 heterocycles. The van der Waals surface area contributed by atoms with Crippen molar-refractivity contribution in [3.05, 3.63) is 0 Å². The Morgan fingerprint density at radius 1 is 1.31 bits per heavy atom. The average Bonchev–Trinajstić information content (AvgIpc) is 2.53. The molecule has 13 heavy (non-hydrogen) atoms. The van der Waals surface area contributed by atoms with Gasteiger partial charge in [0.1, 0.15) is 0 Å². The first-order valence-electron chi connectivity index (χ1n) is 5.22. The van der Waals surface area contributed by atoms with Gasteiger partial charge in [-0.25, -0.2) is 0 Å². The van der Waals surface area contributed by atoms with Gasteiger partial charge in [-0.1, -0.05) is 45.7 Å². The maximum absolute atomic E-state index is 3.76. The van der Waals surface area contributed by atoms with E-state index in [4.69, 9.17) is 0 Å². The molecule has 0 aromatic carbocycles. The number of hydrogen-bond acceptors (Lipinski definition) is 0. The van der Waals surface area contributed by atoms with Crippen LogP contribution in [0.3, 0.4) is 0 Å². The van der Waals surface area contributed by atoms with E-state index in [0.717, 1.165) is 11.8 Å². The molecule has 2 aliphatic carbocycles. The Balaban J connectivity index is 2.39. The van der Waals surface area contributed by atoms with Gasteiger partial charge in [0.05, 0.1) is 0 Å². The van der Waals surface area contributed by atoms with Gasteiger partial charge in [0, 0.05) is 10.7 Å². The smallest absolute Gasteiger partial charge is 0.00961 e. The first-order chi connectivity index (χ1) is 6.10. The zero-order chi connectivity index (χ0) is 9.69. The molecule has 2 rings (SSSR count). The summed E-state index contributed by atoms with van der Waals surface area (Å²) in [5.74, 6) is 1.88. The Labute approximate surface area is 98.1 Å². The quantitative estimate of drug-likeness (QED) is 0.670. The predicted molar refractivity (Wildman–Crippen MR) is 64.6 cm³/mol. The molecule has 76 valence electrons. The predicted octanol–water partition coefficient (Wildman–Crippen LogP) is 4.22. The third-order valence-corrected chi connectivity index (χ3v) is 7.24. The van der Waals surface area contributed by atoms with Gasteiger partial charge in [-0.05, 0) is 41.9 Å². The molecule has 0 aromatic rings. The van der Waals surface area contributed by atoms with Crippen molar-refractivity contribution in [3.63, 3.8) is 0 Å². The van der Waals surface area contributed by atoms with Crippen LogP contribution in [0, 0.1) is 22.7 Å². The zero-order valence-corrected chi connectivity index (χ0v) is 11.6. The molecule has 0 radical (unpaired) electrons. The number of halogens is 2. The van der Waals surface area contributed by atoms with E-state index in [1.165, 1.54) is 29.9 Å². The van der Waals surface area contributed by atoms with Crippen molar-refractivity contribution in [2.75, 3.05) is 10.7 Å². The molecule has 0 spiro atoms. The molecule has 0 amide bonds. The Hall–Kier alpha value is 0.960. The Morgan fingerprint density at radius 3 is 2.38 bits per heavy atom. The fourth-order valence-corrected chi connectivity index (χ4v) is 6.37. The van der Waals surface area contributed by atoms with Gasteiger partial charge >= 0.3 is 0 Å². The Kier molecular flexibility index (Phi) is 2.60. The molecule has 0 aliphatic heterocycles. The minimum atomic E-state index is 0.552. The van der Waals surface area contributed by atoms with E-state index in [9.17, 15) is 0 Å². The SMILES string of the molecule is C[C@@H]1C[C@H]2CC[C@]1(CBr)[C@]2(C)CBr. The zero-order valence-electron chi connectivity index (χ0n) is 8.45. The Morgan fingerprint density at radius 2 is 2.00 bits per heavy atom. The van der Waals surface area contributed by atoms with Crippen molar-refractivity contribution in [2.24, 2.45) is 22.7 Å². The summed E-state index contributed by atoms with van der Waals surface area (Å²) in [6, 6.07) is 0. The molecule has 4 atom stereocenters. The van der Waals surface area contributed by atoms with Crippen LogP contribution in [-0.2, 0) is 0 Å². The summed E-state index contributed by atoms with van der Waals surface area (Å²) in [5.41, 5.74) is 1.14. The van der Waals surface area contributed by atoms with Crippen molar-refractivity contribution in [1.29, 1.82) is 0 Å². The minimum Gasteiger partial charge on any atom is -0.0922 e. The maximum atomic E-state index is 3.76. The monoisotopic (exact) mass is 308 g/mol. The van der Waals surface area contributed by atoms with Crippen LogP contribution in [0.4, 0.5) is 0 Å². The molecular formula is C11H18Br2. The van der Waals surface area contributed by atoms with Gasteiger partial charge in [0.15, 0.2) is 0 Å². The summed E-state index contributed by atoms with van der Waals surface area (Å²) in [7, 11) is 0. The molecule has 0 N–H and O–H groups in total. The minimum absolute atomic E-state index is 0.552. The van der Waals surface area contributed by atoms with Crippen LogP contribution in [0.25, 0.3) is 0 Å². The highest BCUT2D eigenvalue weighted by molar-refractivity contribution is 9.09. The van der Waals surface area contributed by atoms with Crippen molar-refractivity contribution in [3.8, 4) is 0 Å². The van der Waals surface area contributed by atoms with Crippen LogP contribution < -0.4 is 0 Å². The van der Waals surface area contributed by atoms with Crippen LogP contribution in [-0.4, -0.2) is 10.7 Å². The molecule has 2 heteroatoms. The van der Waals surface area contributed by atoms with Gasteiger partial charge in [0.25, 0.3) is 0 Å². The highest BCUT2D eigenvalue weighted by Gasteiger charge is 2.63. The largest absolute Gasteiger partial charge is 0.0922 e. The summed E-state index contributed by atoms with van der Waals surface area (Å²) in [6.45, 7) is 4.94. The third kappa shape index (κ3) is 1.08. The van der Waals surface area contributed by atoms with Gasteiger partial charge in [-0.2, -0.15) is 0 Å². The van der Waals surface area contributed by atoms with E-state index in [-0.39, 0.29) is 0 Å². The van der Waals surface area contributed by atoms with E-state index in [2.05, 4.69) is 45.7 Å². The van der Waals surface area contributed by atoms with Gasteiger partial charge in [0.2, 0.25) is 0 Å². The van der Waals surface area contributed by atoms with Gasteiger partial charge < -0.3 is 0 Å². The molecule has 2 aliphatic rings. The number of hydrogen-bond donors (Lipinski definition) is 0. The Bertz CT molecular complexity index is 216. The second-order valence-electron chi connectivity index (χ2n) is 5.21. The van der Waals surface area contributed by atoms with Crippen LogP contribution in [0.2, 0.25) is 0 Å². The van der Waals surface area contributed by atoms with Crippen molar-refractivity contribution >= 4 is 31.9 Å². The molecule has 2 bridgehead atoms. The van der Waals surface area contributed by atoms with Crippen LogP contribution >= 0.6 is 31.9 Å². The third-order valence-electron chi connectivity index (χ3n) is 5.07. The van der Waals surface area contributed by atoms with Crippen molar-refractivity contribution in [1.82, 2.24) is 0 Å². The molecule has 0 saturated heterocycles. The van der Waals surface area contributed by atoms with Crippen molar-refractivity contribution < 1.29 is 0 Å². The average molecular weight is 310 g/mol. The summed E-state index contributed by atoms with van der Waals surface area (Å²) in [5, 5.41) is 2.38. The topological polar surface area (TPSA) is 0 Å². The number of rotatable bonds is 2. The number of alkyl halides is 2. The normalized spacial score (nSPS) is 54.5. The number of fused-ring (bicyclic) bond motifs is 2. The van der Waals surface area contributed by atoms with Crippen LogP contribution in [0.1, 0.15) is 33.1 Å². The fraction of sp³-hybridized carbons (Fsp3) is 1.00. The highest BCUT2D eigenvalue weighted by Crippen LogP contribution is 2.69. The molecule has 0 nitrogen and oxygen atoms in total. The molecular weight excluding hydrogens is 292 g/mol. The summed E-state index contributed by atoms with van der Waals surface area (Å²) >= 11 is 7.49. The molecule has 0 unspecified atom stereocenters. The molecule has 2 saturated carbocycles. The summed E-state index contributed by atoms with van der Waals surface area (Å²) in [6.07, 6.45) is 4.35. The first-order valence-corrected chi connectivity index (χ1v) is 7.47. The summed E-state index contributed by atoms with van der Waals surface area (Å²) < 4.78 is 0. The van der Waals surface area contributed by atoms with Gasteiger partial charge in [-0.3, -0.25) is 0 Å². The van der Waals surface area contributed by atoms with E-state index in [1.807, 2.05) is 0 Å². The highest BCUT2D eigenvalue weighted by atomic mass is 79.9. The fourth-order valence-electron chi connectivity index (χ4n) is 3.88. The molecule has 2 fully saturated rings. The summed E-state index contributed by atoms with van der Waals surface area (Å²) in [4.78, 5) is 0. The van der Waals surface area contributed by atoms with Crippen LogP contribution in [0.15, 0.2) is 0 Å². The lowest BCUT2D eigenvalue weighted by Crippen LogP contribution is -2.39. The van der Waals surface area contributed by atoms with E-state index >= 15 is 0 Å². The second kappa shape index (κ2) is 3.23. The van der Waals surface area contributed by atoms with Crippen molar-refractivity contribution in [2.45, 2.75) is 33.1 Å². The van der Waals surface area contributed by atoms with E-state index < -0.39 is 0 Å². The molecule has 0 aromatic heterocycles.